The number of hydrogen-bond acceptors (Lipinski definition) is 2. The van der Waals surface area contributed by atoms with Crippen molar-refractivity contribution in [3.8, 4) is 0 Å². The number of fused-ring (bicyclic) bond motifs is 1. The predicted molar refractivity (Wildman–Crippen MR) is 73.6 cm³/mol. The van der Waals surface area contributed by atoms with Crippen LogP contribution in [0.2, 0.25) is 0 Å². The first-order valence-electron chi connectivity index (χ1n) is 5.99. The second-order valence-electron chi connectivity index (χ2n) is 4.07. The molecule has 2 aromatic heterocycles. The van der Waals surface area contributed by atoms with Gasteiger partial charge < -0.3 is 9.72 Å². The van der Waals surface area contributed by atoms with Crippen LogP contribution >= 0.6 is 12.4 Å². The van der Waals surface area contributed by atoms with Gasteiger partial charge in [0.15, 0.2) is 0 Å². The zero-order chi connectivity index (χ0) is 11.4. The number of rotatable bonds is 5. The Balaban J connectivity index is 0.00000144. The summed E-state index contributed by atoms with van der Waals surface area (Å²) in [5, 5.41) is 3.55. The molecule has 94 valence electrons. The Labute approximate surface area is 109 Å². The molecule has 0 fully saturated rings. The van der Waals surface area contributed by atoms with E-state index in [1.807, 2.05) is 24.4 Å². The molecule has 0 bridgehead atoms. The van der Waals surface area contributed by atoms with E-state index in [1.165, 1.54) is 18.5 Å². The molecule has 0 aliphatic heterocycles. The van der Waals surface area contributed by atoms with Crippen molar-refractivity contribution >= 4 is 18.1 Å². The lowest BCUT2D eigenvalue weighted by atomic mass is 10.2. The van der Waals surface area contributed by atoms with E-state index >= 15 is 0 Å². The highest BCUT2D eigenvalue weighted by molar-refractivity contribution is 5.85. The van der Waals surface area contributed by atoms with E-state index in [0.29, 0.717) is 6.04 Å². The number of hydrogen-bond donors (Lipinski definition) is 1. The smallest absolute Gasteiger partial charge is 0.136 e. The molecule has 3 nitrogen and oxygen atoms in total. The fourth-order valence-corrected chi connectivity index (χ4v) is 1.94. The van der Waals surface area contributed by atoms with E-state index in [-0.39, 0.29) is 12.4 Å². The molecule has 0 aliphatic rings. The van der Waals surface area contributed by atoms with Crippen LogP contribution in [0, 0.1) is 0 Å². The van der Waals surface area contributed by atoms with E-state index in [1.54, 1.807) is 0 Å². The molecule has 0 aliphatic carbocycles. The van der Waals surface area contributed by atoms with Crippen molar-refractivity contribution in [3.05, 3.63) is 36.3 Å². The number of halogens is 1. The molecule has 2 heterocycles. The molecule has 1 N–H and O–H groups in total. The van der Waals surface area contributed by atoms with Crippen molar-refractivity contribution < 1.29 is 0 Å². The zero-order valence-corrected chi connectivity index (χ0v) is 11.2. The van der Waals surface area contributed by atoms with Gasteiger partial charge in [0.2, 0.25) is 0 Å². The highest BCUT2D eigenvalue weighted by atomic mass is 35.5. The first kappa shape index (κ1) is 14.0. The molecule has 0 aromatic carbocycles. The second-order valence-corrected chi connectivity index (χ2v) is 4.07. The van der Waals surface area contributed by atoms with Gasteiger partial charge >= 0.3 is 0 Å². The lowest BCUT2D eigenvalue weighted by molar-refractivity contribution is 0.479. The Bertz CT molecular complexity index is 449. The Kier molecular flexibility index (Phi) is 5.45. The summed E-state index contributed by atoms with van der Waals surface area (Å²) in [5.74, 6) is 0. The fourth-order valence-electron chi connectivity index (χ4n) is 1.94. The summed E-state index contributed by atoms with van der Waals surface area (Å²) in [5.41, 5.74) is 2.24. The van der Waals surface area contributed by atoms with E-state index in [2.05, 4.69) is 34.7 Å². The van der Waals surface area contributed by atoms with Crippen LogP contribution in [0.4, 0.5) is 0 Å². The van der Waals surface area contributed by atoms with Gasteiger partial charge in [-0.15, -0.1) is 12.4 Å². The molecule has 0 unspecified atom stereocenters. The third kappa shape index (κ3) is 3.20. The molecule has 4 heteroatoms. The lowest BCUT2D eigenvalue weighted by Crippen LogP contribution is -2.27. The predicted octanol–water partition coefficient (Wildman–Crippen LogP) is 3.03. The monoisotopic (exact) mass is 253 g/mol. The topological polar surface area (TPSA) is 29.3 Å². The van der Waals surface area contributed by atoms with Gasteiger partial charge in [-0.25, -0.2) is 4.98 Å². The summed E-state index contributed by atoms with van der Waals surface area (Å²) >= 11 is 0. The van der Waals surface area contributed by atoms with Crippen LogP contribution in [-0.4, -0.2) is 15.4 Å². The average Bonchev–Trinajstić information content (AvgIpc) is 2.74. The summed E-state index contributed by atoms with van der Waals surface area (Å²) < 4.78 is 2.13. The van der Waals surface area contributed by atoms with Crippen molar-refractivity contribution in [2.24, 2.45) is 0 Å². The van der Waals surface area contributed by atoms with Crippen molar-refractivity contribution in [2.75, 3.05) is 0 Å². The Morgan fingerprint density at radius 1 is 1.29 bits per heavy atom. The summed E-state index contributed by atoms with van der Waals surface area (Å²) in [6, 6.07) is 6.69. The van der Waals surface area contributed by atoms with Crippen molar-refractivity contribution in [1.29, 1.82) is 0 Å². The summed E-state index contributed by atoms with van der Waals surface area (Å²) in [7, 11) is 0. The molecule has 17 heavy (non-hydrogen) atoms. The Hall–Kier alpha value is -1.06. The van der Waals surface area contributed by atoms with Gasteiger partial charge in [0.1, 0.15) is 5.65 Å². The molecule has 2 aromatic rings. The van der Waals surface area contributed by atoms with Gasteiger partial charge in [0.05, 0.1) is 11.9 Å². The zero-order valence-electron chi connectivity index (χ0n) is 10.4. The lowest BCUT2D eigenvalue weighted by Gasteiger charge is -2.14. The average molecular weight is 254 g/mol. The number of nitrogens with zero attached hydrogens (tertiary/aromatic N) is 2. The van der Waals surface area contributed by atoms with Crippen LogP contribution in [0.3, 0.4) is 0 Å². The number of nitrogens with one attached hydrogen (secondary N) is 1. The SMILES string of the molecule is CCC(CC)NCc1cnc2ccccn12.Cl. The van der Waals surface area contributed by atoms with Crippen LogP contribution < -0.4 is 5.32 Å². The van der Waals surface area contributed by atoms with Crippen LogP contribution in [0.15, 0.2) is 30.6 Å². The quantitative estimate of drug-likeness (QED) is 0.888. The molecule has 0 amide bonds. The minimum absolute atomic E-state index is 0. The second kappa shape index (κ2) is 6.62. The summed E-state index contributed by atoms with van der Waals surface area (Å²) in [6.07, 6.45) is 6.36. The number of imidazole rings is 1. The van der Waals surface area contributed by atoms with Crippen LogP contribution in [0.1, 0.15) is 32.4 Å². The maximum Gasteiger partial charge on any atom is 0.136 e. The number of aromatic nitrogens is 2. The molecular formula is C13H20ClN3. The molecule has 0 saturated heterocycles. The van der Waals surface area contributed by atoms with Gasteiger partial charge in [-0.05, 0) is 25.0 Å². The van der Waals surface area contributed by atoms with Crippen LogP contribution in [0.5, 0.6) is 0 Å². The van der Waals surface area contributed by atoms with E-state index in [9.17, 15) is 0 Å². The van der Waals surface area contributed by atoms with Crippen molar-refractivity contribution in [1.82, 2.24) is 14.7 Å². The Morgan fingerprint density at radius 3 is 2.76 bits per heavy atom. The minimum atomic E-state index is 0. The fraction of sp³-hybridized carbons (Fsp3) is 0.462. The Morgan fingerprint density at radius 2 is 2.06 bits per heavy atom. The third-order valence-electron chi connectivity index (χ3n) is 3.05. The van der Waals surface area contributed by atoms with Gasteiger partial charge in [-0.2, -0.15) is 0 Å². The van der Waals surface area contributed by atoms with Gasteiger partial charge in [-0.1, -0.05) is 19.9 Å². The largest absolute Gasteiger partial charge is 0.308 e. The minimum Gasteiger partial charge on any atom is -0.308 e. The first-order chi connectivity index (χ1) is 7.85. The number of pyridine rings is 1. The van der Waals surface area contributed by atoms with Gasteiger partial charge in [0.25, 0.3) is 0 Å². The van der Waals surface area contributed by atoms with Crippen molar-refractivity contribution in [3.63, 3.8) is 0 Å². The van der Waals surface area contributed by atoms with Crippen molar-refractivity contribution in [2.45, 2.75) is 39.3 Å². The molecule has 0 radical (unpaired) electrons. The van der Waals surface area contributed by atoms with E-state index in [0.717, 1.165) is 12.2 Å². The van der Waals surface area contributed by atoms with E-state index < -0.39 is 0 Å². The first-order valence-corrected chi connectivity index (χ1v) is 5.99. The van der Waals surface area contributed by atoms with E-state index in [4.69, 9.17) is 0 Å². The molecular weight excluding hydrogens is 234 g/mol. The standard InChI is InChI=1S/C13H19N3.ClH/c1-3-11(4-2)14-9-12-10-15-13-7-5-6-8-16(12)13;/h5-8,10-11,14H,3-4,9H2,1-2H3;1H. The normalized spacial score (nSPS) is 10.8. The maximum atomic E-state index is 4.37. The molecule has 0 saturated carbocycles. The summed E-state index contributed by atoms with van der Waals surface area (Å²) in [6.45, 7) is 5.32. The van der Waals surface area contributed by atoms with Gasteiger partial charge in [0, 0.05) is 18.8 Å². The molecule has 0 spiro atoms. The maximum absolute atomic E-state index is 4.37. The molecule has 2 rings (SSSR count). The van der Waals surface area contributed by atoms with Crippen LogP contribution in [0.25, 0.3) is 5.65 Å². The van der Waals surface area contributed by atoms with Gasteiger partial charge in [-0.3, -0.25) is 0 Å². The van der Waals surface area contributed by atoms with Crippen LogP contribution in [-0.2, 0) is 6.54 Å². The third-order valence-corrected chi connectivity index (χ3v) is 3.05. The molecule has 0 atom stereocenters. The highest BCUT2D eigenvalue weighted by Gasteiger charge is 2.05. The highest BCUT2D eigenvalue weighted by Crippen LogP contribution is 2.06. The summed E-state index contributed by atoms with van der Waals surface area (Å²) in [4.78, 5) is 4.37.